The van der Waals surface area contributed by atoms with E-state index in [2.05, 4.69) is 24.7 Å². The zero-order valence-corrected chi connectivity index (χ0v) is 21.7. The van der Waals surface area contributed by atoms with Gasteiger partial charge in [0.25, 0.3) is 5.56 Å². The van der Waals surface area contributed by atoms with Gasteiger partial charge in [-0.1, -0.05) is 60.3 Å². The van der Waals surface area contributed by atoms with Crippen LogP contribution in [-0.4, -0.2) is 47.5 Å². The van der Waals surface area contributed by atoms with Crippen molar-refractivity contribution in [2.75, 3.05) is 22.9 Å². The molecule has 5 aromatic rings. The maximum Gasteiger partial charge on any atom is 0.330 e. The smallest absolute Gasteiger partial charge is 0.330 e. The molecule has 0 aliphatic heterocycles. The SMILES string of the molecule is CCN(C(=O)CSc1nnc2c3ccccc3n(CC)c2n1)c1c(N)n(Cc2ccccc2)c(=O)[nH]c1=O. The minimum absolute atomic E-state index is 0.0515. The van der Waals surface area contributed by atoms with Gasteiger partial charge in [-0.15, -0.1) is 10.2 Å². The molecule has 1 amide bonds. The Balaban J connectivity index is 1.42. The van der Waals surface area contributed by atoms with Gasteiger partial charge in [0.1, 0.15) is 11.3 Å². The number of aromatic amines is 1. The Morgan fingerprint density at radius 1 is 1.03 bits per heavy atom. The number of amides is 1. The molecule has 0 atom stereocenters. The molecule has 5 rings (SSSR count). The summed E-state index contributed by atoms with van der Waals surface area (Å²) in [4.78, 5) is 46.8. The molecule has 2 aromatic carbocycles. The van der Waals surface area contributed by atoms with Gasteiger partial charge in [-0.3, -0.25) is 19.1 Å². The molecule has 0 aliphatic carbocycles. The Bertz CT molecular complexity index is 1760. The molecule has 0 radical (unpaired) electrons. The number of carbonyl (C=O) groups is 1. The van der Waals surface area contributed by atoms with E-state index in [9.17, 15) is 14.4 Å². The lowest BCUT2D eigenvalue weighted by Crippen LogP contribution is -2.41. The average Bonchev–Trinajstić information content (AvgIpc) is 3.25. The van der Waals surface area contributed by atoms with E-state index in [1.165, 1.54) is 9.47 Å². The predicted octanol–water partition coefficient (Wildman–Crippen LogP) is 2.63. The van der Waals surface area contributed by atoms with Gasteiger partial charge in [0.05, 0.1) is 17.8 Å². The van der Waals surface area contributed by atoms with Gasteiger partial charge < -0.3 is 15.2 Å². The standard InChI is InChI=1S/C26H26N8O3S/c1-3-32-18-13-9-8-12-17(18)20-23(32)28-25(31-30-20)38-15-19(35)33(4-2)21-22(27)34(26(37)29-24(21)36)14-16-10-6-5-7-11-16/h5-13H,3-4,14-15,27H2,1-2H3,(H,29,36,37). The molecule has 0 bridgehead atoms. The fraction of sp³-hybridized carbons (Fsp3) is 0.231. The van der Waals surface area contributed by atoms with E-state index >= 15 is 0 Å². The highest BCUT2D eigenvalue weighted by Gasteiger charge is 2.24. The van der Waals surface area contributed by atoms with Crippen molar-refractivity contribution in [3.05, 3.63) is 81.0 Å². The number of nitrogens with two attached hydrogens (primary N) is 1. The molecule has 3 N–H and O–H groups in total. The maximum atomic E-state index is 13.3. The van der Waals surface area contributed by atoms with Crippen LogP contribution in [0.1, 0.15) is 19.4 Å². The highest BCUT2D eigenvalue weighted by atomic mass is 32.2. The summed E-state index contributed by atoms with van der Waals surface area (Å²) < 4.78 is 3.31. The van der Waals surface area contributed by atoms with Crippen molar-refractivity contribution in [2.24, 2.45) is 0 Å². The summed E-state index contributed by atoms with van der Waals surface area (Å²) in [5, 5.41) is 9.91. The van der Waals surface area contributed by atoms with Crippen molar-refractivity contribution in [2.45, 2.75) is 32.1 Å². The highest BCUT2D eigenvalue weighted by molar-refractivity contribution is 7.99. The number of hydrogen-bond acceptors (Lipinski definition) is 8. The highest BCUT2D eigenvalue weighted by Crippen LogP contribution is 2.27. The minimum Gasteiger partial charge on any atom is -0.383 e. The van der Waals surface area contributed by atoms with Crippen LogP contribution in [-0.2, 0) is 17.9 Å². The van der Waals surface area contributed by atoms with Gasteiger partial charge in [-0.25, -0.2) is 9.78 Å². The van der Waals surface area contributed by atoms with Crippen LogP contribution in [0.2, 0.25) is 0 Å². The third-order valence-electron chi connectivity index (χ3n) is 6.28. The zero-order valence-electron chi connectivity index (χ0n) is 20.9. The van der Waals surface area contributed by atoms with Crippen molar-refractivity contribution < 1.29 is 4.79 Å². The molecule has 12 heteroatoms. The molecule has 194 valence electrons. The number of anilines is 2. The summed E-state index contributed by atoms with van der Waals surface area (Å²) in [6.07, 6.45) is 0. The lowest BCUT2D eigenvalue weighted by atomic mass is 10.2. The van der Waals surface area contributed by atoms with Crippen LogP contribution in [0, 0.1) is 0 Å². The number of benzene rings is 2. The van der Waals surface area contributed by atoms with Crippen LogP contribution in [0.4, 0.5) is 11.5 Å². The van der Waals surface area contributed by atoms with Gasteiger partial charge in [-0.2, -0.15) is 0 Å². The topological polar surface area (TPSA) is 145 Å². The van der Waals surface area contributed by atoms with Crippen molar-refractivity contribution in [3.8, 4) is 0 Å². The van der Waals surface area contributed by atoms with E-state index in [4.69, 9.17) is 5.73 Å². The molecule has 3 heterocycles. The second-order valence-corrected chi connectivity index (χ2v) is 9.46. The normalized spacial score (nSPS) is 11.3. The Morgan fingerprint density at radius 2 is 1.76 bits per heavy atom. The quantitative estimate of drug-likeness (QED) is 0.291. The number of carbonyl (C=O) groups excluding carboxylic acids is 1. The number of thioether (sulfide) groups is 1. The number of fused-ring (bicyclic) bond motifs is 3. The van der Waals surface area contributed by atoms with Crippen LogP contribution in [0.15, 0.2) is 69.3 Å². The number of rotatable bonds is 8. The first kappa shape index (κ1) is 25.2. The van der Waals surface area contributed by atoms with Gasteiger partial charge in [0.2, 0.25) is 11.1 Å². The Morgan fingerprint density at radius 3 is 2.50 bits per heavy atom. The number of aromatic nitrogens is 6. The second-order valence-electron chi connectivity index (χ2n) is 8.52. The largest absolute Gasteiger partial charge is 0.383 e. The first-order chi connectivity index (χ1) is 18.4. The van der Waals surface area contributed by atoms with Crippen molar-refractivity contribution in [1.82, 2.24) is 29.3 Å². The van der Waals surface area contributed by atoms with Crippen molar-refractivity contribution >= 4 is 51.2 Å². The predicted molar refractivity (Wildman–Crippen MR) is 149 cm³/mol. The molecular weight excluding hydrogens is 504 g/mol. The number of nitrogens with zero attached hydrogens (tertiary/aromatic N) is 6. The van der Waals surface area contributed by atoms with Crippen LogP contribution < -0.4 is 21.9 Å². The molecule has 11 nitrogen and oxygen atoms in total. The van der Waals surface area contributed by atoms with Crippen molar-refractivity contribution in [3.63, 3.8) is 0 Å². The van der Waals surface area contributed by atoms with Crippen LogP contribution >= 0.6 is 11.8 Å². The fourth-order valence-corrected chi connectivity index (χ4v) is 5.15. The molecule has 0 fully saturated rings. The zero-order chi connectivity index (χ0) is 26.8. The molecule has 0 unspecified atom stereocenters. The van der Waals surface area contributed by atoms with Crippen LogP contribution in [0.3, 0.4) is 0 Å². The number of nitrogen functional groups attached to an aromatic ring is 1. The molecule has 0 saturated heterocycles. The van der Waals surface area contributed by atoms with E-state index in [0.29, 0.717) is 22.9 Å². The molecular formula is C26H26N8O3S. The summed E-state index contributed by atoms with van der Waals surface area (Å²) in [5.74, 6) is -0.502. The maximum absolute atomic E-state index is 13.3. The Hall–Kier alpha value is -4.45. The van der Waals surface area contributed by atoms with E-state index < -0.39 is 11.2 Å². The van der Waals surface area contributed by atoms with E-state index in [-0.39, 0.29) is 36.3 Å². The van der Waals surface area contributed by atoms with Gasteiger partial charge in [0, 0.05) is 18.5 Å². The summed E-state index contributed by atoms with van der Waals surface area (Å²) in [6.45, 7) is 4.80. The van der Waals surface area contributed by atoms with Crippen LogP contribution in [0.25, 0.3) is 22.1 Å². The number of nitrogens with one attached hydrogen (secondary N) is 1. The molecule has 0 saturated carbocycles. The summed E-state index contributed by atoms with van der Waals surface area (Å²) in [6, 6.07) is 17.1. The third kappa shape index (κ3) is 4.54. The van der Waals surface area contributed by atoms with Gasteiger partial charge >= 0.3 is 5.69 Å². The molecule has 0 spiro atoms. The number of hydrogen-bond donors (Lipinski definition) is 2. The lowest BCUT2D eigenvalue weighted by Gasteiger charge is -2.23. The first-order valence-corrected chi connectivity index (χ1v) is 13.1. The van der Waals surface area contributed by atoms with Gasteiger partial charge in [0.15, 0.2) is 11.3 Å². The second kappa shape index (κ2) is 10.5. The molecule has 0 aliphatic rings. The Labute approximate surface area is 221 Å². The lowest BCUT2D eigenvalue weighted by molar-refractivity contribution is -0.116. The Kier molecular flexibility index (Phi) is 6.97. The van der Waals surface area contributed by atoms with Gasteiger partial charge in [-0.05, 0) is 25.5 Å². The van der Waals surface area contributed by atoms with Crippen LogP contribution in [0.5, 0.6) is 0 Å². The number of aryl methyl sites for hydroxylation is 1. The first-order valence-electron chi connectivity index (χ1n) is 12.1. The summed E-state index contributed by atoms with van der Waals surface area (Å²) in [5.41, 5.74) is 8.11. The average molecular weight is 531 g/mol. The van der Waals surface area contributed by atoms with E-state index in [1.54, 1.807) is 6.92 Å². The molecule has 38 heavy (non-hydrogen) atoms. The number of H-pyrrole nitrogens is 1. The van der Waals surface area contributed by atoms with E-state index in [0.717, 1.165) is 28.2 Å². The monoisotopic (exact) mass is 530 g/mol. The molecule has 3 aromatic heterocycles. The fourth-order valence-electron chi connectivity index (χ4n) is 4.50. The van der Waals surface area contributed by atoms with Crippen molar-refractivity contribution in [1.29, 1.82) is 0 Å². The summed E-state index contributed by atoms with van der Waals surface area (Å²) >= 11 is 1.12. The minimum atomic E-state index is -0.719. The number of para-hydroxylation sites is 1. The van der Waals surface area contributed by atoms with E-state index in [1.807, 2.05) is 61.5 Å². The summed E-state index contributed by atoms with van der Waals surface area (Å²) in [7, 11) is 0. The third-order valence-corrected chi connectivity index (χ3v) is 7.10.